The Morgan fingerprint density at radius 3 is 2.57 bits per heavy atom. The van der Waals surface area contributed by atoms with Gasteiger partial charge in [0, 0.05) is 6.42 Å². The Balaban J connectivity index is 1.62. The van der Waals surface area contributed by atoms with Gasteiger partial charge in [0.2, 0.25) is 5.89 Å². The summed E-state index contributed by atoms with van der Waals surface area (Å²) < 4.78 is 13.9. The third kappa shape index (κ3) is 2.95. The van der Waals surface area contributed by atoms with Gasteiger partial charge in [-0.1, -0.05) is 54.0 Å². The molecule has 0 unspecified atom stereocenters. The average molecular weight is 389 g/mol. The number of nitrogens with zero attached hydrogens (tertiary/aromatic N) is 3. The molecule has 0 aliphatic heterocycles. The Hall–Kier alpha value is -3.45. The number of hydrogen-bond donors (Lipinski definition) is 0. The van der Waals surface area contributed by atoms with E-state index < -0.39 is 6.04 Å². The quantitative estimate of drug-likeness (QED) is 0.441. The van der Waals surface area contributed by atoms with Gasteiger partial charge in [-0.15, -0.1) is 10.2 Å². The van der Waals surface area contributed by atoms with Crippen molar-refractivity contribution in [1.29, 1.82) is 0 Å². The Bertz CT molecular complexity index is 1270. The molecule has 0 bridgehead atoms. The maximum atomic E-state index is 13.0. The lowest BCUT2D eigenvalue weighted by atomic mass is 10.1. The average Bonchev–Trinajstić information content (AvgIpc) is 3.48. The molecule has 28 heavy (non-hydrogen) atoms. The van der Waals surface area contributed by atoms with Crippen molar-refractivity contribution in [3.05, 3.63) is 94.8 Å². The molecule has 5 aromatic rings. The van der Waals surface area contributed by atoms with Gasteiger partial charge in [0.15, 0.2) is 5.76 Å². The van der Waals surface area contributed by atoms with E-state index in [1.165, 1.54) is 11.5 Å². The molecular weight excluding hydrogens is 374 g/mol. The Morgan fingerprint density at radius 1 is 0.964 bits per heavy atom. The van der Waals surface area contributed by atoms with Crippen molar-refractivity contribution in [2.45, 2.75) is 12.5 Å². The van der Waals surface area contributed by atoms with Crippen LogP contribution in [-0.2, 0) is 6.42 Å². The first kappa shape index (κ1) is 16.7. The monoisotopic (exact) mass is 389 g/mol. The number of fused-ring (bicyclic) bond motifs is 1. The lowest BCUT2D eigenvalue weighted by Crippen LogP contribution is -2.22. The number of benzene rings is 2. The van der Waals surface area contributed by atoms with Crippen LogP contribution in [0.3, 0.4) is 0 Å². The fraction of sp³-hybridized carbons (Fsp3) is 0.0952. The maximum absolute atomic E-state index is 13.0. The first-order valence-corrected chi connectivity index (χ1v) is 9.59. The standard InChI is InChI=1S/C21H15N3O3S/c25-21-15-9-4-5-11-18(15)28-24(21)16(13-14-7-2-1-3-8-14)19-22-23-20(27-19)17-10-6-12-26-17/h1-12,16H,13H2/t16-/m0/s1. The predicted octanol–water partition coefficient (Wildman–Crippen LogP) is 4.54. The van der Waals surface area contributed by atoms with Crippen LogP contribution in [0, 0.1) is 0 Å². The molecule has 3 aromatic heterocycles. The van der Waals surface area contributed by atoms with E-state index in [2.05, 4.69) is 10.2 Å². The molecule has 3 heterocycles. The lowest BCUT2D eigenvalue weighted by Gasteiger charge is -2.13. The van der Waals surface area contributed by atoms with Crippen LogP contribution in [-0.4, -0.2) is 14.2 Å². The van der Waals surface area contributed by atoms with Gasteiger partial charge in [0.25, 0.3) is 11.4 Å². The van der Waals surface area contributed by atoms with E-state index in [0.717, 1.165) is 10.3 Å². The van der Waals surface area contributed by atoms with E-state index in [1.807, 2.05) is 54.6 Å². The molecule has 0 saturated carbocycles. The molecule has 0 N–H and O–H groups in total. The highest BCUT2D eigenvalue weighted by molar-refractivity contribution is 7.13. The summed E-state index contributed by atoms with van der Waals surface area (Å²) in [7, 11) is 0. The summed E-state index contributed by atoms with van der Waals surface area (Å²) in [5.74, 6) is 1.18. The molecular formula is C21H15N3O3S. The fourth-order valence-electron chi connectivity index (χ4n) is 3.17. The van der Waals surface area contributed by atoms with Crippen LogP contribution in [0.25, 0.3) is 21.7 Å². The van der Waals surface area contributed by atoms with Crippen LogP contribution in [0.15, 0.2) is 86.6 Å². The normalized spacial score (nSPS) is 12.4. The molecule has 0 aliphatic rings. The van der Waals surface area contributed by atoms with Crippen LogP contribution >= 0.6 is 11.5 Å². The van der Waals surface area contributed by atoms with Crippen molar-refractivity contribution in [3.63, 3.8) is 0 Å². The molecule has 7 heteroatoms. The summed E-state index contributed by atoms with van der Waals surface area (Å²) in [5, 5.41) is 9.03. The second-order valence-electron chi connectivity index (χ2n) is 6.35. The largest absolute Gasteiger partial charge is 0.459 e. The molecule has 0 amide bonds. The minimum absolute atomic E-state index is 0.0562. The summed E-state index contributed by atoms with van der Waals surface area (Å²) in [6.45, 7) is 0. The van der Waals surface area contributed by atoms with Gasteiger partial charge < -0.3 is 8.83 Å². The zero-order valence-corrected chi connectivity index (χ0v) is 15.5. The van der Waals surface area contributed by atoms with Crippen LogP contribution in [0.5, 0.6) is 0 Å². The molecule has 1 atom stereocenters. The zero-order chi connectivity index (χ0) is 18.9. The van der Waals surface area contributed by atoms with Crippen molar-refractivity contribution in [1.82, 2.24) is 14.2 Å². The molecule has 0 fully saturated rings. The van der Waals surface area contributed by atoms with E-state index in [0.29, 0.717) is 29.3 Å². The van der Waals surface area contributed by atoms with Crippen LogP contribution < -0.4 is 5.56 Å². The number of rotatable bonds is 5. The topological polar surface area (TPSA) is 74.1 Å². The molecule has 6 nitrogen and oxygen atoms in total. The van der Waals surface area contributed by atoms with E-state index in [-0.39, 0.29) is 5.56 Å². The van der Waals surface area contributed by atoms with Crippen LogP contribution in [0.2, 0.25) is 0 Å². The van der Waals surface area contributed by atoms with Gasteiger partial charge in [0.05, 0.1) is 16.3 Å². The highest BCUT2D eigenvalue weighted by atomic mass is 32.1. The van der Waals surface area contributed by atoms with Gasteiger partial charge in [0.1, 0.15) is 6.04 Å². The summed E-state index contributed by atoms with van der Waals surface area (Å²) in [4.78, 5) is 13.0. The van der Waals surface area contributed by atoms with E-state index in [9.17, 15) is 4.79 Å². The molecule has 5 rings (SSSR count). The van der Waals surface area contributed by atoms with Gasteiger partial charge in [-0.2, -0.15) is 0 Å². The molecule has 138 valence electrons. The summed E-state index contributed by atoms with van der Waals surface area (Å²) in [6.07, 6.45) is 2.12. The van der Waals surface area contributed by atoms with Gasteiger partial charge in [-0.05, 0) is 29.8 Å². The lowest BCUT2D eigenvalue weighted by molar-refractivity contribution is 0.419. The van der Waals surface area contributed by atoms with Crippen LogP contribution in [0.4, 0.5) is 0 Å². The van der Waals surface area contributed by atoms with Crippen molar-refractivity contribution in [2.75, 3.05) is 0 Å². The summed E-state index contributed by atoms with van der Waals surface area (Å²) in [6, 6.07) is 20.7. The zero-order valence-electron chi connectivity index (χ0n) is 14.7. The molecule has 0 radical (unpaired) electrons. The Kier molecular flexibility index (Phi) is 4.14. The van der Waals surface area contributed by atoms with E-state index in [1.54, 1.807) is 22.4 Å². The van der Waals surface area contributed by atoms with Crippen molar-refractivity contribution in [2.24, 2.45) is 0 Å². The highest BCUT2D eigenvalue weighted by Gasteiger charge is 2.25. The minimum atomic E-state index is -0.400. The summed E-state index contributed by atoms with van der Waals surface area (Å²) >= 11 is 1.41. The highest BCUT2D eigenvalue weighted by Crippen LogP contribution is 2.29. The molecule has 0 spiro atoms. The Labute approximate surface area is 163 Å². The summed E-state index contributed by atoms with van der Waals surface area (Å²) in [5.41, 5.74) is 1.02. The molecule has 2 aromatic carbocycles. The second kappa shape index (κ2) is 6.94. The van der Waals surface area contributed by atoms with Crippen molar-refractivity contribution >= 4 is 21.6 Å². The van der Waals surface area contributed by atoms with E-state index in [4.69, 9.17) is 8.83 Å². The van der Waals surface area contributed by atoms with E-state index >= 15 is 0 Å². The smallest absolute Gasteiger partial charge is 0.283 e. The second-order valence-corrected chi connectivity index (χ2v) is 7.36. The minimum Gasteiger partial charge on any atom is -0.459 e. The van der Waals surface area contributed by atoms with Crippen molar-refractivity contribution < 1.29 is 8.83 Å². The Morgan fingerprint density at radius 2 is 1.79 bits per heavy atom. The van der Waals surface area contributed by atoms with Gasteiger partial charge >= 0.3 is 0 Å². The number of hydrogen-bond acceptors (Lipinski definition) is 6. The maximum Gasteiger partial charge on any atom is 0.283 e. The number of aromatic nitrogens is 3. The third-order valence-electron chi connectivity index (χ3n) is 4.53. The SMILES string of the molecule is O=c1c2ccccc2sn1[C@@H](Cc1ccccc1)c1nnc(-c2ccco2)o1. The first-order chi connectivity index (χ1) is 13.8. The fourth-order valence-corrected chi connectivity index (χ4v) is 4.25. The molecule has 0 aliphatic carbocycles. The van der Waals surface area contributed by atoms with Gasteiger partial charge in [-0.3, -0.25) is 8.75 Å². The predicted molar refractivity (Wildman–Crippen MR) is 106 cm³/mol. The molecule has 0 saturated heterocycles. The third-order valence-corrected chi connectivity index (χ3v) is 5.70. The van der Waals surface area contributed by atoms with Gasteiger partial charge in [-0.25, -0.2) is 0 Å². The van der Waals surface area contributed by atoms with Crippen molar-refractivity contribution in [3.8, 4) is 11.7 Å². The number of furan rings is 1. The van der Waals surface area contributed by atoms with Crippen LogP contribution in [0.1, 0.15) is 17.5 Å². The first-order valence-electron chi connectivity index (χ1n) is 8.81.